The maximum atomic E-state index is 11.5. The van der Waals surface area contributed by atoms with Gasteiger partial charge in [0, 0.05) is 44.7 Å². The van der Waals surface area contributed by atoms with E-state index < -0.39 is 18.1 Å². The van der Waals surface area contributed by atoms with Crippen molar-refractivity contribution in [3.63, 3.8) is 0 Å². The minimum absolute atomic E-state index is 0.0541. The number of likely N-dealkylation sites (tertiary alicyclic amines) is 1. The number of aliphatic hydroxyl groups is 1. The molecular weight excluding hydrogens is 314 g/mol. The average molecular weight is 341 g/mol. The normalized spacial score (nSPS) is 34.5. The molecule has 24 heavy (non-hydrogen) atoms. The summed E-state index contributed by atoms with van der Waals surface area (Å²) in [4.78, 5) is 25.0. The number of piperidine rings is 1. The zero-order valence-corrected chi connectivity index (χ0v) is 14.1. The van der Waals surface area contributed by atoms with Gasteiger partial charge in [-0.25, -0.2) is 4.79 Å². The Bertz CT molecular complexity index is 510. The van der Waals surface area contributed by atoms with Crippen LogP contribution in [-0.4, -0.2) is 78.0 Å². The third-order valence-electron chi connectivity index (χ3n) is 4.83. The number of carbonyl (C=O) groups excluding carboxylic acids is 1. The van der Waals surface area contributed by atoms with E-state index in [4.69, 9.17) is 10.5 Å². The van der Waals surface area contributed by atoms with Crippen LogP contribution in [0, 0.1) is 5.92 Å². The Hall–Kier alpha value is -1.48. The lowest BCUT2D eigenvalue weighted by Gasteiger charge is -2.45. The number of nitrogens with two attached hydrogens (primary N) is 1. The molecule has 0 radical (unpaired) electrons. The summed E-state index contributed by atoms with van der Waals surface area (Å²) < 4.78 is 5.17. The number of aliphatic carboxylic acids is 1. The number of ether oxygens (including phenoxy) is 1. The molecule has 1 saturated heterocycles. The van der Waals surface area contributed by atoms with Crippen molar-refractivity contribution >= 4 is 11.9 Å². The Labute approximate surface area is 141 Å². The van der Waals surface area contributed by atoms with Crippen LogP contribution in [0.25, 0.3) is 0 Å². The molecule has 0 aromatic heterocycles. The van der Waals surface area contributed by atoms with Gasteiger partial charge in [-0.2, -0.15) is 0 Å². The predicted molar refractivity (Wildman–Crippen MR) is 87.3 cm³/mol. The summed E-state index contributed by atoms with van der Waals surface area (Å²) in [7, 11) is 1.59. The lowest BCUT2D eigenvalue weighted by molar-refractivity contribution is -0.133. The van der Waals surface area contributed by atoms with E-state index in [0.29, 0.717) is 26.1 Å². The van der Waals surface area contributed by atoms with Gasteiger partial charge in [-0.1, -0.05) is 6.08 Å². The van der Waals surface area contributed by atoms with Gasteiger partial charge in [0.2, 0.25) is 5.91 Å². The van der Waals surface area contributed by atoms with Crippen molar-refractivity contribution in [1.29, 1.82) is 0 Å². The van der Waals surface area contributed by atoms with E-state index in [1.165, 1.54) is 6.92 Å². The Morgan fingerprint density at radius 2 is 2.21 bits per heavy atom. The molecule has 136 valence electrons. The van der Waals surface area contributed by atoms with Crippen LogP contribution in [0.15, 0.2) is 11.6 Å². The molecule has 1 heterocycles. The molecule has 0 aromatic carbocycles. The van der Waals surface area contributed by atoms with E-state index in [9.17, 15) is 19.8 Å². The van der Waals surface area contributed by atoms with E-state index in [1.54, 1.807) is 13.2 Å². The molecule has 0 bridgehead atoms. The second-order valence-electron chi connectivity index (χ2n) is 6.65. The molecule has 2 aliphatic rings. The van der Waals surface area contributed by atoms with Crippen LogP contribution in [-0.2, 0) is 14.3 Å². The monoisotopic (exact) mass is 341 g/mol. The van der Waals surface area contributed by atoms with Crippen molar-refractivity contribution in [1.82, 2.24) is 10.2 Å². The van der Waals surface area contributed by atoms with Crippen molar-refractivity contribution in [2.75, 3.05) is 26.8 Å². The molecular formula is C16H27N3O5. The molecule has 8 nitrogen and oxygen atoms in total. The van der Waals surface area contributed by atoms with E-state index in [2.05, 4.69) is 10.2 Å². The lowest BCUT2D eigenvalue weighted by Crippen LogP contribution is -2.63. The van der Waals surface area contributed by atoms with Gasteiger partial charge in [0.05, 0.1) is 24.8 Å². The van der Waals surface area contributed by atoms with Crippen LogP contribution >= 0.6 is 0 Å². The fourth-order valence-corrected chi connectivity index (χ4v) is 3.63. The predicted octanol–water partition coefficient (Wildman–Crippen LogP) is -1.07. The zero-order chi connectivity index (χ0) is 17.9. The third kappa shape index (κ3) is 4.32. The number of amides is 1. The first-order valence-corrected chi connectivity index (χ1v) is 8.21. The molecule has 1 aliphatic heterocycles. The largest absolute Gasteiger partial charge is 0.478 e. The van der Waals surface area contributed by atoms with Crippen LogP contribution in [0.2, 0.25) is 0 Å². The molecule has 0 aromatic rings. The molecule has 5 atom stereocenters. The van der Waals surface area contributed by atoms with Crippen molar-refractivity contribution in [2.45, 2.75) is 44.0 Å². The number of aliphatic hydroxyl groups excluding tert-OH is 1. The molecule has 8 heteroatoms. The van der Waals surface area contributed by atoms with Crippen molar-refractivity contribution in [2.24, 2.45) is 11.7 Å². The number of hydrogen-bond acceptors (Lipinski definition) is 6. The highest BCUT2D eigenvalue weighted by Crippen LogP contribution is 2.27. The average Bonchev–Trinajstić information content (AvgIpc) is 2.51. The number of hydrogen-bond donors (Lipinski definition) is 4. The number of methoxy groups -OCH3 is 1. The van der Waals surface area contributed by atoms with E-state index >= 15 is 0 Å². The topological polar surface area (TPSA) is 125 Å². The van der Waals surface area contributed by atoms with Crippen molar-refractivity contribution < 1.29 is 24.5 Å². The second-order valence-corrected chi connectivity index (χ2v) is 6.65. The van der Waals surface area contributed by atoms with Gasteiger partial charge in [-0.3, -0.25) is 9.69 Å². The standard InChI is InChI=1S/C16H27N3O5/c1-9(20)18-15-12(17)5-10(16(22)23)6-13(15)19-4-3-14(21)11(7-19)8-24-2/h6,11-15,21H,3-5,7-8,17H2,1-2H3,(H,18,20)(H,22,23)/t11?,12-,13+,14?,15+/m0/s1. The first-order chi connectivity index (χ1) is 11.3. The van der Waals surface area contributed by atoms with Gasteiger partial charge in [-0.15, -0.1) is 0 Å². The fraction of sp³-hybridized carbons (Fsp3) is 0.750. The maximum absolute atomic E-state index is 11.5. The molecule has 1 amide bonds. The summed E-state index contributed by atoms with van der Waals surface area (Å²) in [6.07, 6.45) is 2.03. The number of nitrogens with zero attached hydrogens (tertiary/aromatic N) is 1. The number of carbonyl (C=O) groups is 2. The van der Waals surface area contributed by atoms with Crippen LogP contribution in [0.1, 0.15) is 19.8 Å². The molecule has 5 N–H and O–H groups in total. The van der Waals surface area contributed by atoms with Crippen LogP contribution in [0.5, 0.6) is 0 Å². The van der Waals surface area contributed by atoms with Crippen LogP contribution < -0.4 is 11.1 Å². The van der Waals surface area contributed by atoms with Gasteiger partial charge in [0.25, 0.3) is 0 Å². The summed E-state index contributed by atoms with van der Waals surface area (Å²) in [6.45, 7) is 3.02. The molecule has 1 fully saturated rings. The Kier molecular flexibility index (Phi) is 6.34. The van der Waals surface area contributed by atoms with E-state index in [1.807, 2.05) is 0 Å². The highest BCUT2D eigenvalue weighted by Gasteiger charge is 2.40. The lowest BCUT2D eigenvalue weighted by atomic mass is 9.84. The number of carboxylic acid groups (broad SMARTS) is 1. The summed E-state index contributed by atoms with van der Waals surface area (Å²) >= 11 is 0. The highest BCUT2D eigenvalue weighted by molar-refractivity contribution is 5.87. The van der Waals surface area contributed by atoms with Crippen LogP contribution in [0.3, 0.4) is 0 Å². The number of rotatable bonds is 5. The second kappa shape index (κ2) is 8.06. The van der Waals surface area contributed by atoms with Gasteiger partial charge in [0.1, 0.15) is 0 Å². The van der Waals surface area contributed by atoms with Crippen molar-refractivity contribution in [3.8, 4) is 0 Å². The van der Waals surface area contributed by atoms with Gasteiger partial charge < -0.3 is 26.0 Å². The Morgan fingerprint density at radius 3 is 2.79 bits per heavy atom. The summed E-state index contributed by atoms with van der Waals surface area (Å²) in [5.74, 6) is -1.23. The minimum atomic E-state index is -0.984. The smallest absolute Gasteiger partial charge is 0.331 e. The zero-order valence-electron chi connectivity index (χ0n) is 14.1. The Morgan fingerprint density at radius 1 is 1.50 bits per heavy atom. The summed E-state index contributed by atoms with van der Waals surface area (Å²) in [5.41, 5.74) is 6.42. The minimum Gasteiger partial charge on any atom is -0.478 e. The van der Waals surface area contributed by atoms with Gasteiger partial charge in [-0.05, 0) is 12.8 Å². The first-order valence-electron chi connectivity index (χ1n) is 8.21. The third-order valence-corrected chi connectivity index (χ3v) is 4.83. The number of nitrogens with one attached hydrogen (secondary N) is 1. The molecule has 1 aliphatic carbocycles. The van der Waals surface area contributed by atoms with E-state index in [-0.39, 0.29) is 35.9 Å². The van der Waals surface area contributed by atoms with E-state index in [0.717, 1.165) is 0 Å². The Balaban J connectivity index is 2.24. The molecule has 2 unspecified atom stereocenters. The summed E-state index contributed by atoms with van der Waals surface area (Å²) in [6, 6.07) is -1.14. The van der Waals surface area contributed by atoms with Gasteiger partial charge >= 0.3 is 5.97 Å². The highest BCUT2D eigenvalue weighted by atomic mass is 16.5. The molecule has 2 rings (SSSR count). The quantitative estimate of drug-likeness (QED) is 0.502. The SMILES string of the molecule is COCC1CN([C@@H]2C=C(C(=O)O)C[C@H](N)[C@H]2NC(C)=O)CCC1O. The van der Waals surface area contributed by atoms with Crippen LogP contribution in [0.4, 0.5) is 0 Å². The number of carboxylic acids is 1. The van der Waals surface area contributed by atoms with Gasteiger partial charge in [0.15, 0.2) is 0 Å². The summed E-state index contributed by atoms with van der Waals surface area (Å²) in [5, 5.41) is 22.3. The molecule has 0 spiro atoms. The fourth-order valence-electron chi connectivity index (χ4n) is 3.63. The van der Waals surface area contributed by atoms with Crippen molar-refractivity contribution in [3.05, 3.63) is 11.6 Å². The molecule has 0 saturated carbocycles. The first kappa shape index (κ1) is 18.9. The maximum Gasteiger partial charge on any atom is 0.331 e.